The van der Waals surface area contributed by atoms with Crippen molar-refractivity contribution in [2.75, 3.05) is 7.11 Å². The second kappa shape index (κ2) is 5.96. The molecule has 2 heterocycles. The lowest BCUT2D eigenvalue weighted by molar-refractivity contribution is 0.414. The van der Waals surface area contributed by atoms with Crippen molar-refractivity contribution in [2.24, 2.45) is 7.05 Å². The van der Waals surface area contributed by atoms with Crippen LogP contribution < -0.4 is 16.0 Å². The molecule has 0 atom stereocenters. The highest BCUT2D eigenvalue weighted by atomic mass is 16.5. The van der Waals surface area contributed by atoms with Crippen LogP contribution in [0.2, 0.25) is 0 Å². The number of nitrogens with zero attached hydrogens (tertiary/aromatic N) is 3. The Labute approximate surface area is 139 Å². The van der Waals surface area contributed by atoms with Crippen LogP contribution in [0.3, 0.4) is 0 Å². The lowest BCUT2D eigenvalue weighted by Gasteiger charge is -2.12. The van der Waals surface area contributed by atoms with Gasteiger partial charge in [0.25, 0.3) is 5.56 Å². The molecule has 0 N–H and O–H groups in total. The molecule has 0 radical (unpaired) electrons. The summed E-state index contributed by atoms with van der Waals surface area (Å²) in [5, 5.41) is 0.477. The fourth-order valence-corrected chi connectivity index (χ4v) is 2.91. The van der Waals surface area contributed by atoms with Crippen molar-refractivity contribution in [2.45, 2.75) is 20.4 Å². The minimum absolute atomic E-state index is 0.186. The van der Waals surface area contributed by atoms with E-state index in [9.17, 15) is 9.59 Å². The molecule has 124 valence electrons. The van der Waals surface area contributed by atoms with E-state index in [1.807, 2.05) is 44.2 Å². The average molecular weight is 325 g/mol. The number of methoxy groups -OCH3 is 1. The van der Waals surface area contributed by atoms with Gasteiger partial charge in [0.05, 0.1) is 19.0 Å². The van der Waals surface area contributed by atoms with Gasteiger partial charge in [-0.3, -0.25) is 13.9 Å². The van der Waals surface area contributed by atoms with Crippen molar-refractivity contribution in [1.82, 2.24) is 14.1 Å². The Balaban J connectivity index is 2.25. The number of ether oxygens (including phenoxy) is 1. The fourth-order valence-electron chi connectivity index (χ4n) is 2.91. The van der Waals surface area contributed by atoms with Gasteiger partial charge >= 0.3 is 5.69 Å². The molecule has 0 spiro atoms. The molecule has 0 aliphatic rings. The first-order valence-corrected chi connectivity index (χ1v) is 7.63. The zero-order valence-electron chi connectivity index (χ0n) is 14.2. The third-order valence-electron chi connectivity index (χ3n) is 4.09. The Bertz CT molecular complexity index is 1050. The maximum atomic E-state index is 12.9. The number of rotatable bonds is 3. The molecule has 3 aromatic rings. The van der Waals surface area contributed by atoms with E-state index in [-0.39, 0.29) is 17.8 Å². The van der Waals surface area contributed by atoms with Crippen LogP contribution in [-0.4, -0.2) is 21.2 Å². The summed E-state index contributed by atoms with van der Waals surface area (Å²) in [6, 6.07) is 9.18. The van der Waals surface area contributed by atoms with Gasteiger partial charge in [-0.25, -0.2) is 9.78 Å². The van der Waals surface area contributed by atoms with Crippen LogP contribution >= 0.6 is 0 Å². The second-order valence-corrected chi connectivity index (χ2v) is 5.86. The topological polar surface area (TPSA) is 66.1 Å². The van der Waals surface area contributed by atoms with Gasteiger partial charge < -0.3 is 4.74 Å². The average Bonchev–Trinajstić information content (AvgIpc) is 2.56. The van der Waals surface area contributed by atoms with Gasteiger partial charge in [0.2, 0.25) is 0 Å². The van der Waals surface area contributed by atoms with Crippen LogP contribution in [0.25, 0.3) is 11.0 Å². The van der Waals surface area contributed by atoms with Crippen molar-refractivity contribution in [3.8, 4) is 5.75 Å². The number of benzene rings is 1. The fraction of sp³-hybridized carbons (Fsp3) is 0.278. The highest BCUT2D eigenvalue weighted by molar-refractivity contribution is 5.78. The monoisotopic (exact) mass is 325 g/mol. The molecule has 0 aliphatic heterocycles. The van der Waals surface area contributed by atoms with Crippen LogP contribution in [0, 0.1) is 13.8 Å². The van der Waals surface area contributed by atoms with Crippen molar-refractivity contribution < 1.29 is 4.74 Å². The molecule has 2 aromatic heterocycles. The normalized spacial score (nSPS) is 11.0. The summed E-state index contributed by atoms with van der Waals surface area (Å²) < 4.78 is 7.86. The first kappa shape index (κ1) is 16.0. The number of hydrogen-bond acceptors (Lipinski definition) is 4. The molecule has 0 fully saturated rings. The maximum absolute atomic E-state index is 12.9. The van der Waals surface area contributed by atoms with Gasteiger partial charge in [-0.15, -0.1) is 0 Å². The van der Waals surface area contributed by atoms with Crippen molar-refractivity contribution >= 4 is 11.0 Å². The van der Waals surface area contributed by atoms with E-state index in [1.165, 1.54) is 9.13 Å². The highest BCUT2D eigenvalue weighted by Gasteiger charge is 2.15. The maximum Gasteiger partial charge on any atom is 0.332 e. The second-order valence-electron chi connectivity index (χ2n) is 5.86. The van der Waals surface area contributed by atoms with E-state index in [1.54, 1.807) is 14.2 Å². The number of aryl methyl sites for hydroxylation is 3. The van der Waals surface area contributed by atoms with E-state index in [2.05, 4.69) is 4.98 Å². The number of pyridine rings is 1. The molecule has 24 heavy (non-hydrogen) atoms. The van der Waals surface area contributed by atoms with E-state index in [4.69, 9.17) is 4.74 Å². The molecule has 3 rings (SSSR count). The summed E-state index contributed by atoms with van der Waals surface area (Å²) in [4.78, 5) is 29.9. The third kappa shape index (κ3) is 2.60. The first-order chi connectivity index (χ1) is 11.4. The standard InChI is InChI=1S/C18H19N3O3/c1-11-8-12(2)19-16-15(11)17(22)21(18(23)20(16)3)10-13-6-5-7-14(9-13)24-4/h5-9H,10H2,1-4H3. The van der Waals surface area contributed by atoms with Gasteiger partial charge in [-0.1, -0.05) is 12.1 Å². The molecule has 0 saturated carbocycles. The van der Waals surface area contributed by atoms with Crippen LogP contribution in [0.15, 0.2) is 39.9 Å². The Hall–Kier alpha value is -2.89. The van der Waals surface area contributed by atoms with Crippen LogP contribution in [0.4, 0.5) is 0 Å². The van der Waals surface area contributed by atoms with Gasteiger partial charge in [-0.05, 0) is 43.2 Å². The third-order valence-corrected chi connectivity index (χ3v) is 4.09. The Kier molecular flexibility index (Phi) is 3.97. The molecule has 0 bridgehead atoms. The molecular formula is C18H19N3O3. The Morgan fingerprint density at radius 1 is 1.17 bits per heavy atom. The van der Waals surface area contributed by atoms with Crippen molar-refractivity contribution in [3.63, 3.8) is 0 Å². The summed E-state index contributed by atoms with van der Waals surface area (Å²) >= 11 is 0. The predicted molar refractivity (Wildman–Crippen MR) is 92.8 cm³/mol. The quantitative estimate of drug-likeness (QED) is 0.736. The van der Waals surface area contributed by atoms with E-state index < -0.39 is 0 Å². The van der Waals surface area contributed by atoms with Crippen LogP contribution in [0.5, 0.6) is 5.75 Å². The largest absolute Gasteiger partial charge is 0.497 e. The molecule has 0 amide bonds. The molecule has 0 saturated heterocycles. The number of fused-ring (bicyclic) bond motifs is 1. The lowest BCUT2D eigenvalue weighted by Crippen LogP contribution is -2.40. The van der Waals surface area contributed by atoms with Gasteiger partial charge in [0.15, 0.2) is 0 Å². The summed E-state index contributed by atoms with van der Waals surface area (Å²) in [5.41, 5.74) is 2.14. The van der Waals surface area contributed by atoms with E-state index in [0.29, 0.717) is 16.8 Å². The molecule has 0 unspecified atom stereocenters. The molecule has 6 heteroatoms. The van der Waals surface area contributed by atoms with E-state index in [0.717, 1.165) is 16.8 Å². The van der Waals surface area contributed by atoms with Crippen molar-refractivity contribution in [1.29, 1.82) is 0 Å². The first-order valence-electron chi connectivity index (χ1n) is 7.63. The lowest BCUT2D eigenvalue weighted by atomic mass is 10.1. The van der Waals surface area contributed by atoms with Gasteiger partial charge in [-0.2, -0.15) is 0 Å². The predicted octanol–water partition coefficient (Wildman–Crippen LogP) is 1.77. The number of hydrogen-bond donors (Lipinski definition) is 0. The number of aromatic nitrogens is 3. The zero-order valence-corrected chi connectivity index (χ0v) is 14.2. The van der Waals surface area contributed by atoms with Gasteiger partial charge in [0, 0.05) is 12.7 Å². The Morgan fingerprint density at radius 3 is 2.62 bits per heavy atom. The summed E-state index contributed by atoms with van der Waals surface area (Å²) in [7, 11) is 3.22. The SMILES string of the molecule is COc1cccc(Cn2c(=O)c3c(C)cc(C)nc3n(C)c2=O)c1. The molecular weight excluding hydrogens is 306 g/mol. The van der Waals surface area contributed by atoms with Crippen LogP contribution in [-0.2, 0) is 13.6 Å². The highest BCUT2D eigenvalue weighted by Crippen LogP contribution is 2.14. The zero-order chi connectivity index (χ0) is 17.4. The summed E-state index contributed by atoms with van der Waals surface area (Å²) in [6.07, 6.45) is 0. The Morgan fingerprint density at radius 2 is 1.92 bits per heavy atom. The summed E-state index contributed by atoms with van der Waals surface area (Å²) in [5.74, 6) is 0.687. The van der Waals surface area contributed by atoms with E-state index >= 15 is 0 Å². The molecule has 6 nitrogen and oxygen atoms in total. The molecule has 1 aromatic carbocycles. The smallest absolute Gasteiger partial charge is 0.332 e. The minimum Gasteiger partial charge on any atom is -0.497 e. The molecule has 0 aliphatic carbocycles. The summed E-state index contributed by atoms with van der Waals surface area (Å²) in [6.45, 7) is 3.89. The van der Waals surface area contributed by atoms with Crippen LogP contribution in [0.1, 0.15) is 16.8 Å². The van der Waals surface area contributed by atoms with Crippen molar-refractivity contribution in [3.05, 3.63) is 68.0 Å². The van der Waals surface area contributed by atoms with Gasteiger partial charge in [0.1, 0.15) is 11.4 Å². The minimum atomic E-state index is -0.382.